The van der Waals surface area contributed by atoms with Crippen molar-refractivity contribution in [3.8, 4) is 0 Å². The van der Waals surface area contributed by atoms with Crippen LogP contribution in [0.25, 0.3) is 0 Å². The van der Waals surface area contributed by atoms with Gasteiger partial charge in [0.2, 0.25) is 0 Å². The molecule has 2 fully saturated rings. The summed E-state index contributed by atoms with van der Waals surface area (Å²) in [5, 5.41) is 6.33. The fraction of sp³-hybridized carbons (Fsp3) is 1.00. The molecule has 2 atom stereocenters. The van der Waals surface area contributed by atoms with E-state index in [1.54, 1.807) is 0 Å². The van der Waals surface area contributed by atoms with E-state index in [4.69, 9.17) is 30.4 Å². The SMILES string of the molecule is CCCCCCCCCCCCCCOCC1CO1.CCCCCCCCCCCCOCC1CO1.NCCNCCNCCN. The summed E-state index contributed by atoms with van der Waals surface area (Å²) in [6, 6.07) is 0. The van der Waals surface area contributed by atoms with Gasteiger partial charge in [-0.3, -0.25) is 0 Å². The molecule has 46 heavy (non-hydrogen) atoms. The van der Waals surface area contributed by atoms with E-state index >= 15 is 0 Å². The number of unbranched alkanes of at least 4 members (excludes halogenated alkanes) is 20. The zero-order valence-corrected chi connectivity index (χ0v) is 31.0. The Balaban J connectivity index is 0.000000693. The molecule has 0 aromatic heterocycles. The van der Waals surface area contributed by atoms with Crippen molar-refractivity contribution in [1.82, 2.24) is 10.6 Å². The summed E-state index contributed by atoms with van der Waals surface area (Å²) in [6.45, 7) is 15.0. The molecular weight excluding hydrogens is 576 g/mol. The number of nitrogens with two attached hydrogens (primary N) is 2. The first-order chi connectivity index (χ1) is 22.8. The number of epoxide rings is 2. The predicted molar refractivity (Wildman–Crippen MR) is 198 cm³/mol. The van der Waals surface area contributed by atoms with E-state index in [9.17, 15) is 0 Å². The van der Waals surface area contributed by atoms with Crippen LogP contribution in [0, 0.1) is 0 Å². The largest absolute Gasteiger partial charge is 0.379 e. The Kier molecular flexibility index (Phi) is 40.6. The van der Waals surface area contributed by atoms with Gasteiger partial charge < -0.3 is 41.0 Å². The van der Waals surface area contributed by atoms with Gasteiger partial charge in [-0.05, 0) is 12.8 Å². The van der Waals surface area contributed by atoms with Crippen molar-refractivity contribution in [3.05, 3.63) is 0 Å². The summed E-state index contributed by atoms with van der Waals surface area (Å²) in [7, 11) is 0. The molecule has 278 valence electrons. The Hall–Kier alpha value is -0.320. The second-order valence-electron chi connectivity index (χ2n) is 13.2. The van der Waals surface area contributed by atoms with Gasteiger partial charge in [0.1, 0.15) is 12.2 Å². The van der Waals surface area contributed by atoms with Crippen LogP contribution in [0.15, 0.2) is 0 Å². The minimum Gasteiger partial charge on any atom is -0.379 e. The maximum absolute atomic E-state index is 5.52. The van der Waals surface area contributed by atoms with Gasteiger partial charge in [0, 0.05) is 52.5 Å². The second-order valence-corrected chi connectivity index (χ2v) is 13.2. The average molecular weight is 659 g/mol. The number of hydrogen-bond donors (Lipinski definition) is 4. The van der Waals surface area contributed by atoms with Gasteiger partial charge in [-0.1, -0.05) is 142 Å². The van der Waals surface area contributed by atoms with Gasteiger partial charge in [-0.2, -0.15) is 0 Å². The van der Waals surface area contributed by atoms with E-state index in [-0.39, 0.29) is 0 Å². The lowest BCUT2D eigenvalue weighted by atomic mass is 10.1. The summed E-state index contributed by atoms with van der Waals surface area (Å²) in [6.07, 6.45) is 31.6. The predicted octanol–water partition coefficient (Wildman–Crippen LogP) is 7.51. The molecule has 6 N–H and O–H groups in total. The lowest BCUT2D eigenvalue weighted by Gasteiger charge is -2.03. The first-order valence-corrected chi connectivity index (χ1v) is 20.0. The fourth-order valence-corrected chi connectivity index (χ4v) is 5.13. The topological polar surface area (TPSA) is 120 Å². The molecule has 0 radical (unpaired) electrons. The summed E-state index contributed by atoms with van der Waals surface area (Å²) in [4.78, 5) is 0. The molecule has 0 aromatic carbocycles. The maximum Gasteiger partial charge on any atom is 0.104 e. The summed E-state index contributed by atoms with van der Waals surface area (Å²) < 4.78 is 21.2. The minimum absolute atomic E-state index is 0.428. The number of rotatable bonds is 35. The highest BCUT2D eigenvalue weighted by molar-refractivity contribution is 4.67. The third-order valence-electron chi connectivity index (χ3n) is 8.32. The molecule has 2 saturated heterocycles. The van der Waals surface area contributed by atoms with Gasteiger partial charge in [-0.15, -0.1) is 0 Å². The Labute approximate surface area is 286 Å². The molecule has 8 heteroatoms. The summed E-state index contributed by atoms with van der Waals surface area (Å²) in [5.74, 6) is 0. The quantitative estimate of drug-likeness (QED) is 0.0408. The standard InChI is InChI=1S/C17H34O2.C15H30O2.C6H18N4/c1-2-3-4-5-6-7-8-9-10-11-12-13-14-18-15-17-16-19-17;1-2-3-4-5-6-7-8-9-10-11-12-16-13-15-14-17-15;7-1-3-9-5-6-10-4-2-8/h17H,2-16H2,1H3;15H,2-14H2,1H3;9-10H,1-8H2. The molecule has 2 heterocycles. The fourth-order valence-electron chi connectivity index (χ4n) is 5.13. The van der Waals surface area contributed by atoms with E-state index in [0.717, 1.165) is 65.8 Å². The molecule has 0 aliphatic carbocycles. The highest BCUT2D eigenvalue weighted by Crippen LogP contribution is 2.13. The van der Waals surface area contributed by atoms with E-state index in [1.807, 2.05) is 0 Å². The third-order valence-corrected chi connectivity index (χ3v) is 8.32. The Morgan fingerprint density at radius 1 is 0.457 bits per heavy atom. The molecule has 0 bridgehead atoms. The van der Waals surface area contributed by atoms with E-state index in [2.05, 4.69) is 24.5 Å². The van der Waals surface area contributed by atoms with Crippen LogP contribution < -0.4 is 22.1 Å². The van der Waals surface area contributed by atoms with Gasteiger partial charge in [0.15, 0.2) is 0 Å². The van der Waals surface area contributed by atoms with Crippen LogP contribution in [-0.4, -0.2) is 91.1 Å². The van der Waals surface area contributed by atoms with Gasteiger partial charge in [0.05, 0.1) is 26.4 Å². The van der Waals surface area contributed by atoms with Crippen molar-refractivity contribution >= 4 is 0 Å². The molecule has 8 nitrogen and oxygen atoms in total. The molecular formula is C38H82N4O4. The highest BCUT2D eigenvalue weighted by Gasteiger charge is 2.22. The van der Waals surface area contributed by atoms with Crippen LogP contribution in [0.5, 0.6) is 0 Å². The summed E-state index contributed by atoms with van der Waals surface area (Å²) >= 11 is 0. The molecule has 0 saturated carbocycles. The van der Waals surface area contributed by atoms with Crippen molar-refractivity contribution in [2.24, 2.45) is 11.5 Å². The number of nitrogens with one attached hydrogen (secondary N) is 2. The third kappa shape index (κ3) is 43.7. The lowest BCUT2D eigenvalue weighted by Crippen LogP contribution is -2.32. The van der Waals surface area contributed by atoms with E-state index in [0.29, 0.717) is 25.3 Å². The van der Waals surface area contributed by atoms with E-state index < -0.39 is 0 Å². The van der Waals surface area contributed by atoms with Crippen LogP contribution in [-0.2, 0) is 18.9 Å². The average Bonchev–Trinajstić information content (AvgIpc) is 4.01. The Morgan fingerprint density at radius 3 is 1.00 bits per heavy atom. The van der Waals surface area contributed by atoms with E-state index in [1.165, 1.54) is 141 Å². The van der Waals surface area contributed by atoms with Gasteiger partial charge in [-0.25, -0.2) is 0 Å². The Morgan fingerprint density at radius 2 is 0.739 bits per heavy atom. The van der Waals surface area contributed by atoms with Crippen molar-refractivity contribution < 1.29 is 18.9 Å². The molecule has 0 amide bonds. The van der Waals surface area contributed by atoms with Crippen LogP contribution >= 0.6 is 0 Å². The zero-order chi connectivity index (χ0) is 33.4. The van der Waals surface area contributed by atoms with Crippen LogP contribution in [0.3, 0.4) is 0 Å². The van der Waals surface area contributed by atoms with Crippen LogP contribution in [0.2, 0.25) is 0 Å². The summed E-state index contributed by atoms with van der Waals surface area (Å²) in [5.41, 5.74) is 10.5. The van der Waals surface area contributed by atoms with Crippen molar-refractivity contribution in [2.75, 3.05) is 78.9 Å². The first kappa shape index (κ1) is 45.7. The van der Waals surface area contributed by atoms with Crippen LogP contribution in [0.1, 0.15) is 155 Å². The minimum atomic E-state index is 0.428. The molecule has 2 aliphatic heterocycles. The van der Waals surface area contributed by atoms with Crippen molar-refractivity contribution in [3.63, 3.8) is 0 Å². The molecule has 0 aromatic rings. The lowest BCUT2D eigenvalue weighted by molar-refractivity contribution is 0.113. The molecule has 0 spiro atoms. The van der Waals surface area contributed by atoms with Crippen molar-refractivity contribution in [2.45, 2.75) is 167 Å². The number of ether oxygens (including phenoxy) is 4. The van der Waals surface area contributed by atoms with Gasteiger partial charge in [0.25, 0.3) is 0 Å². The van der Waals surface area contributed by atoms with Crippen LogP contribution in [0.4, 0.5) is 0 Å². The smallest absolute Gasteiger partial charge is 0.104 e. The molecule has 2 aliphatic rings. The molecule has 2 rings (SSSR count). The second kappa shape index (κ2) is 40.9. The molecule has 2 unspecified atom stereocenters. The highest BCUT2D eigenvalue weighted by atomic mass is 16.6. The first-order valence-electron chi connectivity index (χ1n) is 20.0. The Bertz CT molecular complexity index is 531. The monoisotopic (exact) mass is 659 g/mol. The normalized spacial score (nSPS) is 16.4. The van der Waals surface area contributed by atoms with Gasteiger partial charge >= 0.3 is 0 Å². The number of hydrogen-bond acceptors (Lipinski definition) is 8. The zero-order valence-electron chi connectivity index (χ0n) is 31.0. The maximum atomic E-state index is 5.52. The van der Waals surface area contributed by atoms with Crippen molar-refractivity contribution in [1.29, 1.82) is 0 Å².